The normalized spacial score (nSPS) is 49.8. The van der Waals surface area contributed by atoms with E-state index < -0.39 is 17.8 Å². The molecule has 8 aliphatic rings. The Morgan fingerprint density at radius 3 is 2.29 bits per heavy atom. The Bertz CT molecular complexity index is 1290. The van der Waals surface area contributed by atoms with Gasteiger partial charge in [-0.2, -0.15) is 0 Å². The van der Waals surface area contributed by atoms with Crippen LogP contribution in [0.2, 0.25) is 0 Å². The molecule has 2 spiro atoms. The van der Waals surface area contributed by atoms with Gasteiger partial charge in [0.1, 0.15) is 12.2 Å². The SMILES string of the molecule is CCO[C@@H](C1C[C@@H](C)[C@H]2C(O1)[C@H](O)[C@@]1(C)C3CC[C@H]4C(C)(C)[C@@H](OC(=O)N5CCN(C6COC6)CC5)CC[C@@]45C[C@@]35CC[C@]21C)C(C)(C)O. The molecule has 3 heterocycles. The number of fused-ring (bicyclic) bond motifs is 4. The molecule has 278 valence electrons. The molecule has 8 rings (SSSR count). The van der Waals surface area contributed by atoms with E-state index in [1.165, 1.54) is 12.8 Å². The largest absolute Gasteiger partial charge is 0.446 e. The van der Waals surface area contributed by atoms with Crippen LogP contribution in [0.15, 0.2) is 0 Å². The van der Waals surface area contributed by atoms with Crippen LogP contribution in [0.3, 0.4) is 0 Å². The van der Waals surface area contributed by atoms with E-state index in [-0.39, 0.29) is 57.4 Å². The standard InChI is InChI=1S/C40H66N2O7/c1-9-47-33(36(5,6)45)26-20-24(2)30-31(48-26)32(43)38(8)28-11-10-27-35(3,4)29(12-13-39(27)23-40(28,39)15-14-37(30,38)7)49-34(44)42-18-16-41(17-19-42)25-21-46-22-25/h24-33,43,45H,9-23H2,1-8H3/t24-,26?,27+,28?,29+,30+,31?,32+,33+,37-,38-,39-,40+/m1/s1. The minimum absolute atomic E-state index is 0.0121. The van der Waals surface area contributed by atoms with Gasteiger partial charge in [0.05, 0.1) is 43.2 Å². The summed E-state index contributed by atoms with van der Waals surface area (Å²) in [4.78, 5) is 17.9. The third-order valence-electron chi connectivity index (χ3n) is 17.1. The molecule has 0 bridgehead atoms. The second-order valence-electron chi connectivity index (χ2n) is 19.7. The van der Waals surface area contributed by atoms with Crippen molar-refractivity contribution in [3.05, 3.63) is 0 Å². The molecule has 13 atom stereocenters. The maximum Gasteiger partial charge on any atom is 0.410 e. The van der Waals surface area contributed by atoms with Crippen LogP contribution in [0.4, 0.5) is 4.79 Å². The van der Waals surface area contributed by atoms with Crippen molar-refractivity contribution in [2.75, 3.05) is 46.0 Å². The minimum atomic E-state index is -1.03. The molecule has 8 fully saturated rings. The Hall–Kier alpha value is -0.970. The number of aliphatic hydroxyl groups excluding tert-OH is 1. The predicted molar refractivity (Wildman–Crippen MR) is 186 cm³/mol. The fourth-order valence-corrected chi connectivity index (χ4v) is 14.6. The number of amides is 1. The topological polar surface area (TPSA) is 101 Å². The summed E-state index contributed by atoms with van der Waals surface area (Å²) in [5, 5.41) is 23.7. The summed E-state index contributed by atoms with van der Waals surface area (Å²) in [5.41, 5.74) is -0.853. The minimum Gasteiger partial charge on any atom is -0.446 e. The maximum absolute atomic E-state index is 13.5. The Kier molecular flexibility index (Phi) is 8.24. The van der Waals surface area contributed by atoms with Crippen molar-refractivity contribution in [2.24, 2.45) is 50.7 Å². The quantitative estimate of drug-likeness (QED) is 0.378. The van der Waals surface area contributed by atoms with Crippen LogP contribution in [0.25, 0.3) is 0 Å². The van der Waals surface area contributed by atoms with E-state index in [1.54, 1.807) is 0 Å². The Labute approximate surface area is 295 Å². The molecule has 1 amide bonds. The highest BCUT2D eigenvalue weighted by atomic mass is 16.6. The number of hydrogen-bond donors (Lipinski definition) is 2. The van der Waals surface area contributed by atoms with Crippen LogP contribution >= 0.6 is 0 Å². The summed E-state index contributed by atoms with van der Waals surface area (Å²) in [6, 6.07) is 0.515. The van der Waals surface area contributed by atoms with Crippen LogP contribution in [0, 0.1) is 50.7 Å². The first-order valence-electron chi connectivity index (χ1n) is 20.0. The van der Waals surface area contributed by atoms with E-state index in [0.717, 1.165) is 77.9 Å². The molecule has 2 N–H and O–H groups in total. The lowest BCUT2D eigenvalue weighted by Crippen LogP contribution is -2.60. The van der Waals surface area contributed by atoms with Crippen LogP contribution < -0.4 is 0 Å². The molecule has 9 nitrogen and oxygen atoms in total. The number of carbonyl (C=O) groups is 1. The molecular weight excluding hydrogens is 620 g/mol. The zero-order chi connectivity index (χ0) is 34.9. The van der Waals surface area contributed by atoms with E-state index in [1.807, 2.05) is 25.7 Å². The molecular formula is C40H66N2O7. The van der Waals surface area contributed by atoms with Gasteiger partial charge in [0.15, 0.2) is 0 Å². The van der Waals surface area contributed by atoms with Crippen molar-refractivity contribution < 1.29 is 34.0 Å². The maximum atomic E-state index is 13.5. The molecule has 5 aliphatic carbocycles. The second-order valence-corrected chi connectivity index (χ2v) is 19.7. The summed E-state index contributed by atoms with van der Waals surface area (Å²) in [6.07, 6.45) is 7.12. The van der Waals surface area contributed by atoms with Crippen molar-refractivity contribution in [1.82, 2.24) is 9.80 Å². The summed E-state index contributed by atoms with van der Waals surface area (Å²) in [6.45, 7) is 23.1. The van der Waals surface area contributed by atoms with Crippen molar-refractivity contribution in [3.8, 4) is 0 Å². The first-order chi connectivity index (χ1) is 23.0. The lowest BCUT2D eigenvalue weighted by molar-refractivity contribution is -0.215. The lowest BCUT2D eigenvalue weighted by Gasteiger charge is -2.63. The van der Waals surface area contributed by atoms with Gasteiger partial charge in [-0.25, -0.2) is 4.79 Å². The van der Waals surface area contributed by atoms with Gasteiger partial charge in [-0.05, 0) is 112 Å². The number of hydrogen-bond acceptors (Lipinski definition) is 8. The molecule has 49 heavy (non-hydrogen) atoms. The number of nitrogens with zero attached hydrogens (tertiary/aromatic N) is 2. The van der Waals surface area contributed by atoms with Crippen LogP contribution in [0.1, 0.15) is 107 Å². The second kappa shape index (κ2) is 11.5. The molecule has 0 aromatic heterocycles. The van der Waals surface area contributed by atoms with Gasteiger partial charge in [0, 0.05) is 43.6 Å². The predicted octanol–water partition coefficient (Wildman–Crippen LogP) is 5.50. The van der Waals surface area contributed by atoms with Crippen LogP contribution in [-0.4, -0.2) is 114 Å². The van der Waals surface area contributed by atoms with Crippen LogP contribution in [0.5, 0.6) is 0 Å². The fourth-order valence-electron chi connectivity index (χ4n) is 14.6. The van der Waals surface area contributed by atoms with Crippen LogP contribution in [-0.2, 0) is 18.9 Å². The summed E-state index contributed by atoms with van der Waals surface area (Å²) >= 11 is 0. The van der Waals surface area contributed by atoms with Gasteiger partial charge in [-0.1, -0.05) is 34.6 Å². The Morgan fingerprint density at radius 1 is 0.980 bits per heavy atom. The summed E-state index contributed by atoms with van der Waals surface area (Å²) in [5.74, 6) is 1.63. The average Bonchev–Trinajstić information content (AvgIpc) is 3.65. The first kappa shape index (κ1) is 35.1. The van der Waals surface area contributed by atoms with Gasteiger partial charge >= 0.3 is 6.09 Å². The van der Waals surface area contributed by atoms with Gasteiger partial charge in [-0.3, -0.25) is 4.90 Å². The van der Waals surface area contributed by atoms with E-state index in [4.69, 9.17) is 18.9 Å². The van der Waals surface area contributed by atoms with Gasteiger partial charge in [0.25, 0.3) is 0 Å². The first-order valence-corrected chi connectivity index (χ1v) is 20.0. The molecule has 5 saturated carbocycles. The van der Waals surface area contributed by atoms with E-state index in [2.05, 4.69) is 39.5 Å². The third-order valence-corrected chi connectivity index (χ3v) is 17.1. The zero-order valence-corrected chi connectivity index (χ0v) is 31.7. The monoisotopic (exact) mass is 686 g/mol. The van der Waals surface area contributed by atoms with Crippen molar-refractivity contribution >= 4 is 6.09 Å². The molecule has 0 aromatic rings. The summed E-state index contributed by atoms with van der Waals surface area (Å²) < 4.78 is 24.9. The zero-order valence-electron chi connectivity index (χ0n) is 31.7. The Morgan fingerprint density at radius 2 is 1.65 bits per heavy atom. The fraction of sp³-hybridized carbons (Fsp3) is 0.975. The van der Waals surface area contributed by atoms with Gasteiger partial charge in [-0.15, -0.1) is 0 Å². The summed E-state index contributed by atoms with van der Waals surface area (Å²) in [7, 11) is 0. The number of rotatable bonds is 6. The molecule has 0 radical (unpaired) electrons. The highest BCUT2D eigenvalue weighted by Crippen LogP contribution is 2.89. The van der Waals surface area contributed by atoms with Crippen molar-refractivity contribution in [2.45, 2.75) is 149 Å². The number of ether oxygens (including phenoxy) is 4. The highest BCUT2D eigenvalue weighted by Gasteiger charge is 2.84. The van der Waals surface area contributed by atoms with Crippen molar-refractivity contribution in [3.63, 3.8) is 0 Å². The van der Waals surface area contributed by atoms with Gasteiger partial charge < -0.3 is 34.1 Å². The number of carbonyl (C=O) groups excluding carboxylic acids is 1. The van der Waals surface area contributed by atoms with Crippen molar-refractivity contribution in [1.29, 1.82) is 0 Å². The average molecular weight is 687 g/mol. The van der Waals surface area contributed by atoms with E-state index >= 15 is 0 Å². The lowest BCUT2D eigenvalue weighted by atomic mass is 9.41. The molecule has 9 heteroatoms. The number of piperazine rings is 1. The van der Waals surface area contributed by atoms with E-state index in [0.29, 0.717) is 30.4 Å². The highest BCUT2D eigenvalue weighted by molar-refractivity contribution is 5.68. The molecule has 3 aliphatic heterocycles. The Balaban J connectivity index is 0.994. The molecule has 3 unspecified atom stereocenters. The molecule has 3 saturated heterocycles. The molecule has 0 aromatic carbocycles. The van der Waals surface area contributed by atoms with E-state index in [9.17, 15) is 15.0 Å². The third kappa shape index (κ3) is 4.73. The number of aliphatic hydroxyl groups is 2. The van der Waals surface area contributed by atoms with Gasteiger partial charge in [0.2, 0.25) is 0 Å². The smallest absolute Gasteiger partial charge is 0.410 e.